The first-order chi connectivity index (χ1) is 10.0. The summed E-state index contributed by atoms with van der Waals surface area (Å²) < 4.78 is 0. The quantitative estimate of drug-likeness (QED) is 0.794. The molecule has 0 radical (unpaired) electrons. The summed E-state index contributed by atoms with van der Waals surface area (Å²) in [6.45, 7) is 3.54. The van der Waals surface area contributed by atoms with E-state index in [1.54, 1.807) is 12.1 Å². The molecule has 1 heterocycles. The summed E-state index contributed by atoms with van der Waals surface area (Å²) in [7, 11) is 1.95. The van der Waals surface area contributed by atoms with Crippen molar-refractivity contribution >= 4 is 53.3 Å². The summed E-state index contributed by atoms with van der Waals surface area (Å²) in [5.41, 5.74) is 0. The number of carbonyl (C=O) groups excluding carboxylic acids is 1. The number of nitrogens with one attached hydrogen (secondary N) is 1. The standard InChI is InChI=1S/C15H20Cl2N2OS.ClH/c1-10(21-14-8-11(16)5-6-13(14)17)15(20)19-7-3-4-12(9-19)18-2;/h5-6,8,10,12,18H,3-4,7,9H2,1-2H3;1H. The summed E-state index contributed by atoms with van der Waals surface area (Å²) in [6, 6.07) is 5.73. The second kappa shape index (κ2) is 9.24. The van der Waals surface area contributed by atoms with Crippen LogP contribution in [0.5, 0.6) is 0 Å². The second-order valence-electron chi connectivity index (χ2n) is 5.25. The van der Waals surface area contributed by atoms with Crippen LogP contribution in [0.25, 0.3) is 0 Å². The number of hydrogen-bond acceptors (Lipinski definition) is 3. The molecule has 1 saturated heterocycles. The van der Waals surface area contributed by atoms with Gasteiger partial charge in [0, 0.05) is 29.0 Å². The van der Waals surface area contributed by atoms with Gasteiger partial charge in [0.25, 0.3) is 0 Å². The minimum absolute atomic E-state index is 0. The Balaban J connectivity index is 0.00000242. The fourth-order valence-corrected chi connectivity index (χ4v) is 3.97. The number of hydrogen-bond donors (Lipinski definition) is 1. The summed E-state index contributed by atoms with van der Waals surface area (Å²) in [5.74, 6) is 0.163. The van der Waals surface area contributed by atoms with E-state index in [0.29, 0.717) is 16.1 Å². The normalized spacial score (nSPS) is 19.5. The first-order valence-electron chi connectivity index (χ1n) is 7.09. The van der Waals surface area contributed by atoms with Crippen LogP contribution < -0.4 is 5.32 Å². The Hall–Kier alpha value is -0.130. The Bertz CT molecular complexity index is 516. The second-order valence-corrected chi connectivity index (χ2v) is 7.47. The molecule has 7 heteroatoms. The van der Waals surface area contributed by atoms with Crippen molar-refractivity contribution < 1.29 is 4.79 Å². The average Bonchev–Trinajstić information content (AvgIpc) is 2.50. The Kier molecular flexibility index (Phi) is 8.36. The molecule has 0 aliphatic carbocycles. The first kappa shape index (κ1) is 19.9. The zero-order valence-corrected chi connectivity index (χ0v) is 15.8. The van der Waals surface area contributed by atoms with E-state index in [1.807, 2.05) is 24.9 Å². The van der Waals surface area contributed by atoms with Gasteiger partial charge < -0.3 is 10.2 Å². The van der Waals surface area contributed by atoms with Crippen molar-refractivity contribution in [1.82, 2.24) is 10.2 Å². The molecule has 0 saturated carbocycles. The summed E-state index contributed by atoms with van der Waals surface area (Å²) in [6.07, 6.45) is 2.18. The number of carbonyl (C=O) groups is 1. The van der Waals surface area contributed by atoms with Crippen LogP contribution >= 0.6 is 47.4 Å². The number of rotatable bonds is 4. The number of likely N-dealkylation sites (N-methyl/N-ethyl adjacent to an activating group) is 1. The van der Waals surface area contributed by atoms with E-state index < -0.39 is 0 Å². The molecule has 3 nitrogen and oxygen atoms in total. The molecular formula is C15H21Cl3N2OS. The van der Waals surface area contributed by atoms with E-state index in [1.165, 1.54) is 11.8 Å². The van der Waals surface area contributed by atoms with Crippen molar-refractivity contribution in [3.63, 3.8) is 0 Å². The molecule has 1 N–H and O–H groups in total. The summed E-state index contributed by atoms with van der Waals surface area (Å²) in [4.78, 5) is 15.4. The SMILES string of the molecule is CNC1CCCN(C(=O)C(C)Sc2cc(Cl)ccc2Cl)C1.Cl. The highest BCUT2D eigenvalue weighted by molar-refractivity contribution is 8.00. The van der Waals surface area contributed by atoms with Crippen LogP contribution in [0.4, 0.5) is 0 Å². The maximum absolute atomic E-state index is 12.6. The lowest BCUT2D eigenvalue weighted by atomic mass is 10.1. The van der Waals surface area contributed by atoms with Gasteiger partial charge in [0.1, 0.15) is 0 Å². The van der Waals surface area contributed by atoms with Crippen molar-refractivity contribution in [1.29, 1.82) is 0 Å². The van der Waals surface area contributed by atoms with E-state index in [2.05, 4.69) is 5.32 Å². The number of thioether (sulfide) groups is 1. The fourth-order valence-electron chi connectivity index (χ4n) is 2.48. The van der Waals surface area contributed by atoms with E-state index in [0.717, 1.165) is 30.8 Å². The van der Waals surface area contributed by atoms with Gasteiger partial charge in [-0.15, -0.1) is 24.2 Å². The highest BCUT2D eigenvalue weighted by Crippen LogP contribution is 2.33. The Morgan fingerprint density at radius 1 is 1.45 bits per heavy atom. The van der Waals surface area contributed by atoms with Gasteiger partial charge in [0.15, 0.2) is 0 Å². The zero-order chi connectivity index (χ0) is 15.4. The molecule has 0 aromatic heterocycles. The van der Waals surface area contributed by atoms with Gasteiger partial charge in [0.05, 0.1) is 10.3 Å². The average molecular weight is 384 g/mol. The van der Waals surface area contributed by atoms with Gasteiger partial charge in [0.2, 0.25) is 5.91 Å². The molecule has 1 fully saturated rings. The monoisotopic (exact) mass is 382 g/mol. The van der Waals surface area contributed by atoms with E-state index in [9.17, 15) is 4.79 Å². The summed E-state index contributed by atoms with van der Waals surface area (Å²) in [5, 5.41) is 4.35. The number of likely N-dealkylation sites (tertiary alicyclic amines) is 1. The molecule has 124 valence electrons. The van der Waals surface area contributed by atoms with Gasteiger partial charge in [-0.3, -0.25) is 4.79 Å². The number of halogens is 3. The van der Waals surface area contributed by atoms with Gasteiger partial charge in [-0.1, -0.05) is 23.2 Å². The molecule has 1 aliphatic rings. The fraction of sp³-hybridized carbons (Fsp3) is 0.533. The van der Waals surface area contributed by atoms with Gasteiger partial charge in [-0.2, -0.15) is 0 Å². The van der Waals surface area contributed by atoms with Crippen molar-refractivity contribution in [2.45, 2.75) is 36.0 Å². The van der Waals surface area contributed by atoms with Crippen LogP contribution in [0.1, 0.15) is 19.8 Å². The lowest BCUT2D eigenvalue weighted by Crippen LogP contribution is -2.49. The van der Waals surface area contributed by atoms with Crippen LogP contribution in [0.2, 0.25) is 10.0 Å². The third-order valence-corrected chi connectivity index (χ3v) is 5.51. The Labute approximate surface area is 152 Å². The zero-order valence-electron chi connectivity index (χ0n) is 12.6. The maximum Gasteiger partial charge on any atom is 0.235 e. The first-order valence-corrected chi connectivity index (χ1v) is 8.72. The van der Waals surface area contributed by atoms with Crippen LogP contribution in [0.3, 0.4) is 0 Å². The van der Waals surface area contributed by atoms with Gasteiger partial charge in [-0.25, -0.2) is 0 Å². The van der Waals surface area contributed by atoms with Crippen molar-refractivity contribution in [2.24, 2.45) is 0 Å². The maximum atomic E-state index is 12.6. The third-order valence-electron chi connectivity index (χ3n) is 3.69. The van der Waals surface area contributed by atoms with E-state index >= 15 is 0 Å². The van der Waals surface area contributed by atoms with Gasteiger partial charge >= 0.3 is 0 Å². The minimum atomic E-state index is -0.170. The highest BCUT2D eigenvalue weighted by Gasteiger charge is 2.27. The molecule has 1 aliphatic heterocycles. The lowest BCUT2D eigenvalue weighted by molar-refractivity contribution is -0.131. The minimum Gasteiger partial charge on any atom is -0.340 e. The van der Waals surface area contributed by atoms with Crippen molar-refractivity contribution in [3.05, 3.63) is 28.2 Å². The molecule has 2 atom stereocenters. The molecule has 0 spiro atoms. The number of benzene rings is 1. The molecule has 1 aromatic rings. The molecule has 2 unspecified atom stereocenters. The Morgan fingerprint density at radius 2 is 2.18 bits per heavy atom. The molecular weight excluding hydrogens is 363 g/mol. The number of amides is 1. The molecule has 1 aromatic carbocycles. The predicted molar refractivity (Wildman–Crippen MR) is 97.7 cm³/mol. The van der Waals surface area contributed by atoms with Crippen molar-refractivity contribution in [3.8, 4) is 0 Å². The summed E-state index contributed by atoms with van der Waals surface area (Å²) >= 11 is 13.6. The number of nitrogens with zero attached hydrogens (tertiary/aromatic N) is 1. The molecule has 0 bridgehead atoms. The molecule has 1 amide bonds. The third kappa shape index (κ3) is 5.20. The Morgan fingerprint density at radius 3 is 2.86 bits per heavy atom. The largest absolute Gasteiger partial charge is 0.340 e. The lowest BCUT2D eigenvalue weighted by Gasteiger charge is -2.34. The molecule has 22 heavy (non-hydrogen) atoms. The van der Waals surface area contributed by atoms with Gasteiger partial charge in [-0.05, 0) is 45.0 Å². The van der Waals surface area contributed by atoms with Crippen LogP contribution in [-0.4, -0.2) is 42.2 Å². The predicted octanol–water partition coefficient (Wildman–Crippen LogP) is 4.11. The van der Waals surface area contributed by atoms with Crippen molar-refractivity contribution in [2.75, 3.05) is 20.1 Å². The van der Waals surface area contributed by atoms with E-state index in [4.69, 9.17) is 23.2 Å². The smallest absolute Gasteiger partial charge is 0.235 e. The number of piperidine rings is 1. The highest BCUT2D eigenvalue weighted by atomic mass is 35.5. The topological polar surface area (TPSA) is 32.3 Å². The van der Waals surface area contributed by atoms with Crippen LogP contribution in [0.15, 0.2) is 23.1 Å². The van der Waals surface area contributed by atoms with Crippen LogP contribution in [-0.2, 0) is 4.79 Å². The van der Waals surface area contributed by atoms with E-state index in [-0.39, 0.29) is 23.6 Å². The molecule has 2 rings (SSSR count). The van der Waals surface area contributed by atoms with Crippen LogP contribution in [0, 0.1) is 0 Å².